The molecule has 2 aromatic carbocycles. The Labute approximate surface area is 194 Å². The highest BCUT2D eigenvalue weighted by atomic mass is 79.9. The average molecular weight is 498 g/mol. The summed E-state index contributed by atoms with van der Waals surface area (Å²) in [5.74, 6) is -1.52. The molecule has 32 heavy (non-hydrogen) atoms. The van der Waals surface area contributed by atoms with Crippen LogP contribution in [0.3, 0.4) is 0 Å². The first kappa shape index (κ1) is 22.3. The topological polar surface area (TPSA) is 80.0 Å². The van der Waals surface area contributed by atoms with Crippen molar-refractivity contribution in [3.63, 3.8) is 0 Å². The van der Waals surface area contributed by atoms with Gasteiger partial charge in [0.05, 0.1) is 17.7 Å². The van der Waals surface area contributed by atoms with Crippen LogP contribution in [0.4, 0.5) is 0 Å². The van der Waals surface area contributed by atoms with Gasteiger partial charge in [-0.15, -0.1) is 0 Å². The number of nitrogens with zero attached hydrogens (tertiary/aromatic N) is 1. The Balaban J connectivity index is 1.69. The third kappa shape index (κ3) is 4.36. The number of Topliss-reactive ketones (excluding diaryl/α,β-unsaturated/α-hetero) is 1. The number of carbonyl (C=O) groups excluding carboxylic acids is 2. The third-order valence-electron chi connectivity index (χ3n) is 5.36. The molecule has 4 rings (SSSR count). The molecule has 7 heteroatoms. The molecule has 0 saturated carbocycles. The van der Waals surface area contributed by atoms with Crippen LogP contribution in [0.2, 0.25) is 0 Å². The fraction of sp³-hybridized carbons (Fsp3) is 0.280. The van der Waals surface area contributed by atoms with Gasteiger partial charge in [0.2, 0.25) is 5.78 Å². The van der Waals surface area contributed by atoms with E-state index in [9.17, 15) is 14.7 Å². The first-order valence-corrected chi connectivity index (χ1v) is 11.3. The summed E-state index contributed by atoms with van der Waals surface area (Å²) in [6.45, 7) is 4.72. The second-order valence-corrected chi connectivity index (χ2v) is 8.88. The summed E-state index contributed by atoms with van der Waals surface area (Å²) in [7, 11) is 0. The van der Waals surface area contributed by atoms with Crippen molar-refractivity contribution in [3.8, 4) is 0 Å². The second kappa shape index (κ2) is 9.30. The summed E-state index contributed by atoms with van der Waals surface area (Å²) in [6.07, 6.45) is 0.673. The van der Waals surface area contributed by atoms with Crippen molar-refractivity contribution in [1.29, 1.82) is 0 Å². The standard InChI is InChI=1S/C25H24BrNO5/c1-15(2)31-12-6-11-27-22(16-7-4-3-5-8-16)21(24(29)25(27)30)23(28)20-14-17-13-18(26)9-10-19(17)32-20/h3-5,7-10,13-15,22,29H,6,11-12H2,1-2H3. The van der Waals surface area contributed by atoms with Crippen molar-refractivity contribution in [2.24, 2.45) is 0 Å². The molecular formula is C25H24BrNO5. The molecule has 2 heterocycles. The Morgan fingerprint density at radius 2 is 1.94 bits per heavy atom. The van der Waals surface area contributed by atoms with E-state index >= 15 is 0 Å². The molecule has 0 saturated heterocycles. The van der Waals surface area contributed by atoms with E-state index in [1.807, 2.05) is 56.3 Å². The molecule has 0 fully saturated rings. The molecule has 3 aromatic rings. The maximum absolute atomic E-state index is 13.5. The zero-order valence-corrected chi connectivity index (χ0v) is 19.5. The lowest BCUT2D eigenvalue weighted by molar-refractivity contribution is -0.129. The summed E-state index contributed by atoms with van der Waals surface area (Å²) >= 11 is 3.41. The molecule has 166 valence electrons. The van der Waals surface area contributed by atoms with Gasteiger partial charge in [-0.05, 0) is 50.1 Å². The highest BCUT2D eigenvalue weighted by Crippen LogP contribution is 2.39. The maximum atomic E-state index is 13.5. The third-order valence-corrected chi connectivity index (χ3v) is 5.85. The molecular weight excluding hydrogens is 474 g/mol. The van der Waals surface area contributed by atoms with E-state index in [2.05, 4.69) is 15.9 Å². The summed E-state index contributed by atoms with van der Waals surface area (Å²) in [5.41, 5.74) is 1.33. The number of carbonyl (C=O) groups is 2. The van der Waals surface area contributed by atoms with Gasteiger partial charge in [0.25, 0.3) is 5.91 Å². The Morgan fingerprint density at radius 3 is 2.66 bits per heavy atom. The molecule has 0 spiro atoms. The van der Waals surface area contributed by atoms with Crippen LogP contribution in [0.5, 0.6) is 0 Å². The minimum absolute atomic E-state index is 0.0316. The van der Waals surface area contributed by atoms with E-state index < -0.39 is 23.5 Å². The van der Waals surface area contributed by atoms with Gasteiger partial charge >= 0.3 is 0 Å². The smallest absolute Gasteiger partial charge is 0.290 e. The zero-order chi connectivity index (χ0) is 22.8. The molecule has 1 aromatic heterocycles. The van der Waals surface area contributed by atoms with Crippen LogP contribution in [-0.4, -0.2) is 41.0 Å². The zero-order valence-electron chi connectivity index (χ0n) is 17.9. The minimum Gasteiger partial charge on any atom is -0.503 e. The summed E-state index contributed by atoms with van der Waals surface area (Å²) in [4.78, 5) is 28.0. The van der Waals surface area contributed by atoms with Gasteiger partial charge in [0.15, 0.2) is 11.5 Å². The molecule has 0 aliphatic carbocycles. The number of hydrogen-bond acceptors (Lipinski definition) is 5. The summed E-state index contributed by atoms with van der Waals surface area (Å²) < 4.78 is 12.2. The highest BCUT2D eigenvalue weighted by molar-refractivity contribution is 9.10. The first-order chi connectivity index (χ1) is 15.4. The first-order valence-electron chi connectivity index (χ1n) is 10.5. The van der Waals surface area contributed by atoms with E-state index in [4.69, 9.17) is 9.15 Å². The van der Waals surface area contributed by atoms with Crippen LogP contribution in [0.25, 0.3) is 11.0 Å². The Hall–Kier alpha value is -2.90. The van der Waals surface area contributed by atoms with Gasteiger partial charge in [-0.1, -0.05) is 46.3 Å². The number of amides is 1. The highest BCUT2D eigenvalue weighted by Gasteiger charge is 2.44. The molecule has 6 nitrogen and oxygen atoms in total. The molecule has 1 atom stereocenters. The number of rotatable bonds is 8. The predicted octanol–water partition coefficient (Wildman–Crippen LogP) is 5.59. The number of benzene rings is 2. The van der Waals surface area contributed by atoms with Gasteiger partial charge < -0.3 is 19.2 Å². The summed E-state index contributed by atoms with van der Waals surface area (Å²) in [5, 5.41) is 11.5. The number of ketones is 1. The normalized spacial score (nSPS) is 16.6. The van der Waals surface area contributed by atoms with E-state index in [-0.39, 0.29) is 17.4 Å². The molecule has 1 aliphatic heterocycles. The van der Waals surface area contributed by atoms with E-state index in [1.54, 1.807) is 12.1 Å². The van der Waals surface area contributed by atoms with Gasteiger partial charge in [-0.2, -0.15) is 0 Å². The van der Waals surface area contributed by atoms with Crippen LogP contribution in [0.15, 0.2) is 74.8 Å². The molecule has 1 amide bonds. The number of aliphatic hydroxyl groups excluding tert-OH is 1. The van der Waals surface area contributed by atoms with Crippen molar-refractivity contribution in [2.75, 3.05) is 13.2 Å². The van der Waals surface area contributed by atoms with Gasteiger partial charge in [-0.3, -0.25) is 9.59 Å². The van der Waals surface area contributed by atoms with Gasteiger partial charge in [-0.25, -0.2) is 0 Å². The number of halogens is 1. The summed E-state index contributed by atoms with van der Waals surface area (Å²) in [6, 6.07) is 15.6. The Morgan fingerprint density at radius 1 is 1.19 bits per heavy atom. The maximum Gasteiger partial charge on any atom is 0.290 e. The van der Waals surface area contributed by atoms with Crippen LogP contribution in [0.1, 0.15) is 42.4 Å². The van der Waals surface area contributed by atoms with Gasteiger partial charge in [0, 0.05) is 23.0 Å². The predicted molar refractivity (Wildman–Crippen MR) is 125 cm³/mol. The van der Waals surface area contributed by atoms with Crippen molar-refractivity contribution < 1.29 is 23.8 Å². The molecule has 1 aliphatic rings. The van der Waals surface area contributed by atoms with Crippen LogP contribution < -0.4 is 0 Å². The molecule has 0 bridgehead atoms. The average Bonchev–Trinajstić information content (AvgIpc) is 3.30. The van der Waals surface area contributed by atoms with Crippen molar-refractivity contribution in [1.82, 2.24) is 4.90 Å². The van der Waals surface area contributed by atoms with Crippen molar-refractivity contribution in [2.45, 2.75) is 32.4 Å². The quantitative estimate of drug-likeness (QED) is 0.324. The number of ether oxygens (including phenoxy) is 1. The van der Waals surface area contributed by atoms with E-state index in [0.29, 0.717) is 25.2 Å². The molecule has 1 unspecified atom stereocenters. The van der Waals surface area contributed by atoms with Crippen LogP contribution in [-0.2, 0) is 9.53 Å². The second-order valence-electron chi connectivity index (χ2n) is 7.97. The fourth-order valence-electron chi connectivity index (χ4n) is 3.91. The lowest BCUT2D eigenvalue weighted by Gasteiger charge is -2.26. The van der Waals surface area contributed by atoms with Crippen LogP contribution in [0, 0.1) is 0 Å². The lowest BCUT2D eigenvalue weighted by atomic mass is 9.95. The van der Waals surface area contributed by atoms with Gasteiger partial charge in [0.1, 0.15) is 5.58 Å². The number of hydrogen-bond donors (Lipinski definition) is 1. The SMILES string of the molecule is CC(C)OCCCN1C(=O)C(O)=C(C(=O)c2cc3cc(Br)ccc3o2)C1c1ccccc1. The minimum atomic E-state index is -0.699. The largest absolute Gasteiger partial charge is 0.503 e. The van der Waals surface area contributed by atoms with Crippen molar-refractivity contribution >= 4 is 38.6 Å². The lowest BCUT2D eigenvalue weighted by Crippen LogP contribution is -2.32. The monoisotopic (exact) mass is 497 g/mol. The molecule has 1 N–H and O–H groups in total. The fourth-order valence-corrected chi connectivity index (χ4v) is 4.29. The number of aliphatic hydroxyl groups is 1. The van der Waals surface area contributed by atoms with E-state index in [0.717, 1.165) is 15.4 Å². The number of furan rings is 1. The van der Waals surface area contributed by atoms with E-state index in [1.165, 1.54) is 4.90 Å². The van der Waals surface area contributed by atoms with Crippen LogP contribution >= 0.6 is 15.9 Å². The van der Waals surface area contributed by atoms with Crippen molar-refractivity contribution in [3.05, 3.63) is 81.7 Å². The number of fused-ring (bicyclic) bond motifs is 1. The Bertz CT molecular complexity index is 1180. The Kier molecular flexibility index (Phi) is 6.48. The molecule has 0 radical (unpaired) electrons.